The maximum atomic E-state index is 5.69. The summed E-state index contributed by atoms with van der Waals surface area (Å²) in [6.07, 6.45) is 2.28. The van der Waals surface area contributed by atoms with Crippen LogP contribution in [0.5, 0.6) is 0 Å². The maximum Gasteiger partial charge on any atom is 0.0900 e. The first kappa shape index (κ1) is 13.8. The van der Waals surface area contributed by atoms with Crippen molar-refractivity contribution in [3.63, 3.8) is 0 Å². The minimum Gasteiger partial charge on any atom is -0.273 e. The van der Waals surface area contributed by atoms with Crippen LogP contribution in [0.15, 0.2) is 30.3 Å². The standard InChI is InChI=1S/C15H22N4/c1-4-5-12-6-8-13(9-7-12)15(17-16)14-10-11(2)19(3)18-14/h6-10,15,17H,4-5,16H2,1-3H3. The predicted molar refractivity (Wildman–Crippen MR) is 77.5 cm³/mol. The number of rotatable bonds is 5. The molecule has 19 heavy (non-hydrogen) atoms. The molecule has 1 atom stereocenters. The highest BCUT2D eigenvalue weighted by molar-refractivity contribution is 5.31. The molecule has 0 aliphatic carbocycles. The Bertz CT molecular complexity index is 508. The van der Waals surface area contributed by atoms with E-state index in [0.29, 0.717) is 0 Å². The lowest BCUT2D eigenvalue weighted by Crippen LogP contribution is -2.29. The summed E-state index contributed by atoms with van der Waals surface area (Å²) in [7, 11) is 1.94. The fraction of sp³-hybridized carbons (Fsp3) is 0.400. The third-order valence-electron chi connectivity index (χ3n) is 3.45. The SMILES string of the molecule is CCCc1ccc(C(NN)c2cc(C)n(C)n2)cc1. The molecule has 2 aromatic rings. The second kappa shape index (κ2) is 5.99. The Hall–Kier alpha value is -1.65. The van der Waals surface area contributed by atoms with Gasteiger partial charge >= 0.3 is 0 Å². The van der Waals surface area contributed by atoms with Gasteiger partial charge in [0.1, 0.15) is 0 Å². The molecule has 1 aromatic carbocycles. The Balaban J connectivity index is 2.26. The number of hydrogen-bond acceptors (Lipinski definition) is 3. The van der Waals surface area contributed by atoms with Gasteiger partial charge in [0.2, 0.25) is 0 Å². The van der Waals surface area contributed by atoms with Crippen molar-refractivity contribution in [1.82, 2.24) is 15.2 Å². The highest BCUT2D eigenvalue weighted by Gasteiger charge is 2.16. The van der Waals surface area contributed by atoms with Gasteiger partial charge in [-0.05, 0) is 30.5 Å². The molecule has 0 saturated heterocycles. The predicted octanol–water partition coefficient (Wildman–Crippen LogP) is 2.23. The summed E-state index contributed by atoms with van der Waals surface area (Å²) in [5.41, 5.74) is 7.42. The van der Waals surface area contributed by atoms with Gasteiger partial charge in [-0.3, -0.25) is 10.5 Å². The van der Waals surface area contributed by atoms with Crippen LogP contribution in [0.3, 0.4) is 0 Å². The third kappa shape index (κ3) is 3.03. The van der Waals surface area contributed by atoms with Crippen LogP contribution in [0, 0.1) is 6.92 Å². The zero-order valence-corrected chi connectivity index (χ0v) is 11.9. The molecule has 4 heteroatoms. The molecule has 0 radical (unpaired) electrons. The lowest BCUT2D eigenvalue weighted by molar-refractivity contribution is 0.602. The van der Waals surface area contributed by atoms with Crippen LogP contribution in [0.1, 0.15) is 41.9 Å². The number of hydrazine groups is 1. The van der Waals surface area contributed by atoms with Crippen molar-refractivity contribution in [2.24, 2.45) is 12.9 Å². The first-order chi connectivity index (χ1) is 9.15. The first-order valence-electron chi connectivity index (χ1n) is 6.71. The minimum atomic E-state index is -0.0597. The summed E-state index contributed by atoms with van der Waals surface area (Å²) < 4.78 is 1.87. The van der Waals surface area contributed by atoms with Gasteiger partial charge < -0.3 is 0 Å². The number of hydrogen-bond donors (Lipinski definition) is 2. The Labute approximate surface area is 114 Å². The molecule has 1 aromatic heterocycles. The number of benzene rings is 1. The summed E-state index contributed by atoms with van der Waals surface area (Å²) in [5, 5.41) is 4.49. The normalized spacial score (nSPS) is 12.6. The Kier molecular flexibility index (Phi) is 4.35. The van der Waals surface area contributed by atoms with Crippen molar-refractivity contribution >= 4 is 0 Å². The number of nitrogens with two attached hydrogens (primary N) is 1. The molecule has 0 fully saturated rings. The molecule has 2 rings (SSSR count). The lowest BCUT2D eigenvalue weighted by Gasteiger charge is -2.14. The van der Waals surface area contributed by atoms with E-state index < -0.39 is 0 Å². The molecule has 0 aliphatic heterocycles. The number of aryl methyl sites for hydroxylation is 3. The summed E-state index contributed by atoms with van der Waals surface area (Å²) in [5.74, 6) is 5.69. The van der Waals surface area contributed by atoms with Gasteiger partial charge in [0.15, 0.2) is 0 Å². The average Bonchev–Trinajstić information content (AvgIpc) is 2.73. The largest absolute Gasteiger partial charge is 0.273 e. The van der Waals surface area contributed by atoms with Crippen molar-refractivity contribution in [1.29, 1.82) is 0 Å². The van der Waals surface area contributed by atoms with Crippen LogP contribution >= 0.6 is 0 Å². The van der Waals surface area contributed by atoms with Gasteiger partial charge in [0, 0.05) is 12.7 Å². The molecule has 0 bridgehead atoms. The summed E-state index contributed by atoms with van der Waals surface area (Å²) >= 11 is 0. The molecule has 0 spiro atoms. The molecule has 4 nitrogen and oxygen atoms in total. The molecular weight excluding hydrogens is 236 g/mol. The zero-order valence-electron chi connectivity index (χ0n) is 11.9. The van der Waals surface area contributed by atoms with Gasteiger partial charge in [0.05, 0.1) is 11.7 Å². The maximum absolute atomic E-state index is 5.69. The quantitative estimate of drug-likeness (QED) is 0.639. The van der Waals surface area contributed by atoms with Crippen molar-refractivity contribution in [2.45, 2.75) is 32.7 Å². The van der Waals surface area contributed by atoms with Crippen LogP contribution in [-0.2, 0) is 13.5 Å². The van der Waals surface area contributed by atoms with Gasteiger partial charge in [-0.25, -0.2) is 5.43 Å². The van der Waals surface area contributed by atoms with Crippen molar-refractivity contribution in [2.75, 3.05) is 0 Å². The first-order valence-corrected chi connectivity index (χ1v) is 6.71. The van der Waals surface area contributed by atoms with Crippen molar-refractivity contribution < 1.29 is 0 Å². The molecule has 0 aliphatic rings. The third-order valence-corrected chi connectivity index (χ3v) is 3.45. The molecule has 1 heterocycles. The second-order valence-corrected chi connectivity index (χ2v) is 4.93. The van der Waals surface area contributed by atoms with E-state index in [2.05, 4.69) is 47.8 Å². The number of nitrogens with zero attached hydrogens (tertiary/aromatic N) is 2. The summed E-state index contributed by atoms with van der Waals surface area (Å²) in [6.45, 7) is 4.23. The van der Waals surface area contributed by atoms with Crippen LogP contribution in [0.25, 0.3) is 0 Å². The Morgan fingerprint density at radius 3 is 2.47 bits per heavy atom. The minimum absolute atomic E-state index is 0.0597. The van der Waals surface area contributed by atoms with Gasteiger partial charge in [-0.15, -0.1) is 0 Å². The molecule has 1 unspecified atom stereocenters. The summed E-state index contributed by atoms with van der Waals surface area (Å²) in [6, 6.07) is 10.6. The van der Waals surface area contributed by atoms with E-state index in [1.807, 2.05) is 18.7 Å². The van der Waals surface area contributed by atoms with E-state index in [0.717, 1.165) is 29.8 Å². The van der Waals surface area contributed by atoms with Gasteiger partial charge in [-0.1, -0.05) is 37.6 Å². The fourth-order valence-electron chi connectivity index (χ4n) is 2.25. The van der Waals surface area contributed by atoms with E-state index in [1.54, 1.807) is 0 Å². The smallest absolute Gasteiger partial charge is 0.0900 e. The molecule has 3 N–H and O–H groups in total. The molecule has 0 amide bonds. The highest BCUT2D eigenvalue weighted by Crippen LogP contribution is 2.21. The molecular formula is C15H22N4. The zero-order chi connectivity index (χ0) is 13.8. The van der Waals surface area contributed by atoms with E-state index in [9.17, 15) is 0 Å². The van der Waals surface area contributed by atoms with E-state index >= 15 is 0 Å². The Morgan fingerprint density at radius 2 is 2.00 bits per heavy atom. The number of nitrogens with one attached hydrogen (secondary N) is 1. The average molecular weight is 258 g/mol. The Morgan fingerprint density at radius 1 is 1.32 bits per heavy atom. The topological polar surface area (TPSA) is 55.9 Å². The van der Waals surface area contributed by atoms with Crippen molar-refractivity contribution in [3.8, 4) is 0 Å². The monoisotopic (exact) mass is 258 g/mol. The molecule has 102 valence electrons. The van der Waals surface area contributed by atoms with Gasteiger partial charge in [0.25, 0.3) is 0 Å². The lowest BCUT2D eigenvalue weighted by atomic mass is 10.0. The van der Waals surface area contributed by atoms with E-state index in [1.165, 1.54) is 5.56 Å². The second-order valence-electron chi connectivity index (χ2n) is 4.93. The van der Waals surface area contributed by atoms with E-state index in [4.69, 9.17) is 5.84 Å². The number of aromatic nitrogens is 2. The fourth-order valence-corrected chi connectivity index (χ4v) is 2.25. The van der Waals surface area contributed by atoms with E-state index in [-0.39, 0.29) is 6.04 Å². The highest BCUT2D eigenvalue weighted by atomic mass is 15.3. The van der Waals surface area contributed by atoms with Crippen LogP contribution in [0.2, 0.25) is 0 Å². The van der Waals surface area contributed by atoms with Gasteiger partial charge in [-0.2, -0.15) is 5.10 Å². The van der Waals surface area contributed by atoms with Crippen LogP contribution in [-0.4, -0.2) is 9.78 Å². The molecule has 0 saturated carbocycles. The van der Waals surface area contributed by atoms with Crippen LogP contribution in [0.4, 0.5) is 0 Å². The van der Waals surface area contributed by atoms with Crippen LogP contribution < -0.4 is 11.3 Å². The van der Waals surface area contributed by atoms with Crippen molar-refractivity contribution in [3.05, 3.63) is 52.8 Å². The summed E-state index contributed by atoms with van der Waals surface area (Å²) in [4.78, 5) is 0.